The van der Waals surface area contributed by atoms with E-state index in [-0.39, 0.29) is 29.2 Å². The molecule has 1 fully saturated rings. The summed E-state index contributed by atoms with van der Waals surface area (Å²) in [6.07, 6.45) is -3.83. The largest absolute Gasteiger partial charge is 0.511 e. The van der Waals surface area contributed by atoms with Crippen LogP contribution in [0.4, 0.5) is 14.7 Å². The molecule has 2 N–H and O–H groups in total. The van der Waals surface area contributed by atoms with Crippen LogP contribution in [-0.2, 0) is 42.9 Å². The number of β-lactam (4-membered cyclic amide) rings is 1. The van der Waals surface area contributed by atoms with Gasteiger partial charge in [-0.05, 0) is 38.7 Å². The van der Waals surface area contributed by atoms with Gasteiger partial charge in [0.2, 0.25) is 12.2 Å². The number of hydrogen-bond acceptors (Lipinski definition) is 15. The van der Waals surface area contributed by atoms with Gasteiger partial charge < -0.3 is 38.7 Å². The Kier molecular flexibility index (Phi) is 11.7. The summed E-state index contributed by atoms with van der Waals surface area (Å²) < 4.78 is 25.3. The number of carbonyl (C=O) groups is 5. The van der Waals surface area contributed by atoms with E-state index in [1.165, 1.54) is 43.2 Å². The molecule has 2 aliphatic heterocycles. The Balaban J connectivity index is 1.71. The Hall–Kier alpha value is -3.90. The standard InChI is InChI=1S/C25H33N5O11S2/c1-11(2)38-24(34)28-23-26-15(10-43-23)16(29-37-7)19(31)27-17-20(32)30-18(14(8-36-6)9-42-21(17)30)22(33)40-13(5)41-25(35)39-12(3)4/h9-13,17-18,21H,8H2,1-7H3,(H,27,31)(H,26,28,34)/b29-16-/t13?,17-,18?,21-/m1/s1. The summed E-state index contributed by atoms with van der Waals surface area (Å²) in [4.78, 5) is 73.6. The number of nitrogens with one attached hydrogen (secondary N) is 2. The minimum atomic E-state index is -1.31. The summed E-state index contributed by atoms with van der Waals surface area (Å²) in [5.41, 5.74) is 0.267. The third-order valence-corrected chi connectivity index (χ3v) is 7.44. The van der Waals surface area contributed by atoms with E-state index in [1.54, 1.807) is 33.1 Å². The SMILES string of the molecule is COCC1=CS[C@@H]2[C@H](NC(=O)/C(=N\OC)c3csc(NC(=O)OC(C)C)n3)C(=O)N2C1C(=O)OC(C)OC(=O)OC(C)C. The second-order valence-corrected chi connectivity index (χ2v) is 11.4. The maximum Gasteiger partial charge on any atom is 0.511 e. The van der Waals surface area contributed by atoms with Crippen molar-refractivity contribution in [1.29, 1.82) is 0 Å². The van der Waals surface area contributed by atoms with Crippen LogP contribution in [0.2, 0.25) is 0 Å². The Bertz CT molecular complexity index is 1280. The van der Waals surface area contributed by atoms with Crippen LogP contribution in [0.25, 0.3) is 0 Å². The van der Waals surface area contributed by atoms with Crippen LogP contribution in [0, 0.1) is 0 Å². The minimum absolute atomic E-state index is 0.0144. The number of aromatic nitrogens is 1. The normalized spacial score (nSPS) is 20.3. The van der Waals surface area contributed by atoms with Gasteiger partial charge in [0.15, 0.2) is 16.9 Å². The van der Waals surface area contributed by atoms with Crippen molar-refractivity contribution in [2.24, 2.45) is 5.16 Å². The minimum Gasteiger partial charge on any atom is -0.447 e. The molecule has 1 saturated heterocycles. The zero-order valence-electron chi connectivity index (χ0n) is 24.5. The number of fused-ring (bicyclic) bond motifs is 1. The van der Waals surface area contributed by atoms with E-state index in [9.17, 15) is 24.0 Å². The third-order valence-electron chi connectivity index (χ3n) is 5.46. The first-order chi connectivity index (χ1) is 20.4. The monoisotopic (exact) mass is 643 g/mol. The maximum absolute atomic E-state index is 13.3. The molecule has 3 amide bonds. The predicted molar refractivity (Wildman–Crippen MR) is 153 cm³/mol. The predicted octanol–water partition coefficient (Wildman–Crippen LogP) is 2.20. The van der Waals surface area contributed by atoms with Gasteiger partial charge in [-0.2, -0.15) is 0 Å². The summed E-state index contributed by atoms with van der Waals surface area (Å²) in [6.45, 7) is 7.99. The Labute approximate surface area is 255 Å². The van der Waals surface area contributed by atoms with Crippen molar-refractivity contribution in [3.05, 3.63) is 22.1 Å². The number of thioether (sulfide) groups is 1. The van der Waals surface area contributed by atoms with Crippen molar-refractivity contribution in [3.8, 4) is 0 Å². The Morgan fingerprint density at radius 1 is 1.05 bits per heavy atom. The molecule has 2 aliphatic rings. The van der Waals surface area contributed by atoms with Gasteiger partial charge in [-0.25, -0.2) is 19.4 Å². The first kappa shape index (κ1) is 33.6. The number of amides is 3. The van der Waals surface area contributed by atoms with Crippen LogP contribution in [0.3, 0.4) is 0 Å². The van der Waals surface area contributed by atoms with Crippen molar-refractivity contribution >= 4 is 64.0 Å². The van der Waals surface area contributed by atoms with Crippen LogP contribution >= 0.6 is 23.1 Å². The van der Waals surface area contributed by atoms with Crippen molar-refractivity contribution in [2.75, 3.05) is 26.1 Å². The summed E-state index contributed by atoms with van der Waals surface area (Å²) in [5, 5.41) is 11.4. The lowest BCUT2D eigenvalue weighted by atomic mass is 9.98. The highest BCUT2D eigenvalue weighted by molar-refractivity contribution is 8.03. The fourth-order valence-electron chi connectivity index (χ4n) is 3.87. The fraction of sp³-hybridized carbons (Fsp3) is 0.560. The fourth-order valence-corrected chi connectivity index (χ4v) is 5.76. The number of ether oxygens (including phenoxy) is 5. The Morgan fingerprint density at radius 2 is 1.74 bits per heavy atom. The number of oxime groups is 1. The van der Waals surface area contributed by atoms with E-state index >= 15 is 0 Å². The smallest absolute Gasteiger partial charge is 0.447 e. The highest BCUT2D eigenvalue weighted by Gasteiger charge is 2.56. The molecule has 3 rings (SSSR count). The zero-order valence-corrected chi connectivity index (χ0v) is 26.1. The van der Waals surface area contributed by atoms with Crippen molar-refractivity contribution in [3.63, 3.8) is 0 Å². The average Bonchev–Trinajstić information content (AvgIpc) is 3.36. The van der Waals surface area contributed by atoms with Crippen LogP contribution < -0.4 is 10.6 Å². The number of anilines is 1. The van der Waals surface area contributed by atoms with Crippen LogP contribution in [-0.4, -0.2) is 102 Å². The molecule has 0 radical (unpaired) electrons. The first-order valence-electron chi connectivity index (χ1n) is 12.9. The topological polar surface area (TPSA) is 193 Å². The summed E-state index contributed by atoms with van der Waals surface area (Å²) >= 11 is 2.22. The van der Waals surface area contributed by atoms with Crippen molar-refractivity contribution in [2.45, 2.75) is 70.6 Å². The quantitative estimate of drug-likeness (QED) is 0.0842. The lowest BCUT2D eigenvalue weighted by Gasteiger charge is -2.51. The molecule has 1 aromatic heterocycles. The van der Waals surface area contributed by atoms with Crippen LogP contribution in [0.15, 0.2) is 21.5 Å². The van der Waals surface area contributed by atoms with Crippen molar-refractivity contribution in [1.82, 2.24) is 15.2 Å². The van der Waals surface area contributed by atoms with E-state index in [4.69, 9.17) is 28.5 Å². The highest BCUT2D eigenvalue weighted by Crippen LogP contribution is 2.40. The molecule has 0 spiro atoms. The van der Waals surface area contributed by atoms with E-state index in [2.05, 4.69) is 20.8 Å². The molecule has 236 valence electrons. The number of hydrogen-bond donors (Lipinski definition) is 2. The molecule has 0 bridgehead atoms. The summed E-state index contributed by atoms with van der Waals surface area (Å²) in [6, 6.07) is -2.23. The second kappa shape index (κ2) is 15.0. The summed E-state index contributed by atoms with van der Waals surface area (Å²) in [5.74, 6) is -2.22. The second-order valence-electron chi connectivity index (χ2n) is 9.53. The van der Waals surface area contributed by atoms with Gasteiger partial charge in [0.1, 0.15) is 24.2 Å². The van der Waals surface area contributed by atoms with Gasteiger partial charge >= 0.3 is 18.2 Å². The van der Waals surface area contributed by atoms with E-state index in [1.807, 2.05) is 0 Å². The first-order valence-corrected chi connectivity index (χ1v) is 14.8. The van der Waals surface area contributed by atoms with Crippen molar-refractivity contribution < 1.29 is 52.5 Å². The van der Waals surface area contributed by atoms with Gasteiger partial charge in [0.25, 0.3) is 5.91 Å². The molecular formula is C25H33N5O11S2. The number of thiazole rings is 1. The van der Waals surface area contributed by atoms with Gasteiger partial charge in [-0.1, -0.05) is 5.16 Å². The maximum atomic E-state index is 13.3. The lowest BCUT2D eigenvalue weighted by Crippen LogP contribution is -2.74. The average molecular weight is 644 g/mol. The van der Waals surface area contributed by atoms with Crippen LogP contribution in [0.5, 0.6) is 0 Å². The van der Waals surface area contributed by atoms with Gasteiger partial charge in [0, 0.05) is 19.4 Å². The molecule has 16 nitrogen and oxygen atoms in total. The zero-order chi connectivity index (χ0) is 31.8. The van der Waals surface area contributed by atoms with Gasteiger partial charge in [0.05, 0.1) is 18.8 Å². The van der Waals surface area contributed by atoms with E-state index in [0.717, 1.165) is 11.3 Å². The summed E-state index contributed by atoms with van der Waals surface area (Å²) in [7, 11) is 2.66. The molecule has 43 heavy (non-hydrogen) atoms. The van der Waals surface area contributed by atoms with Crippen LogP contribution in [0.1, 0.15) is 40.3 Å². The van der Waals surface area contributed by atoms with Gasteiger partial charge in [-0.15, -0.1) is 23.1 Å². The van der Waals surface area contributed by atoms with E-state index in [0.29, 0.717) is 5.57 Å². The molecular weight excluding hydrogens is 610 g/mol. The molecule has 0 aliphatic carbocycles. The Morgan fingerprint density at radius 3 is 2.37 bits per heavy atom. The molecule has 1 aromatic rings. The third kappa shape index (κ3) is 8.57. The molecule has 0 saturated carbocycles. The molecule has 3 heterocycles. The number of carbonyl (C=O) groups excluding carboxylic acids is 5. The molecule has 2 unspecified atom stereocenters. The number of nitrogens with zero attached hydrogens (tertiary/aromatic N) is 3. The molecule has 18 heteroatoms. The molecule has 0 aromatic carbocycles. The highest BCUT2D eigenvalue weighted by atomic mass is 32.2. The number of rotatable bonds is 12. The van der Waals surface area contributed by atoms with E-state index < -0.39 is 59.9 Å². The number of esters is 1. The van der Waals surface area contributed by atoms with Gasteiger partial charge in [-0.3, -0.25) is 14.9 Å². The molecule has 4 atom stereocenters. The number of methoxy groups -OCH3 is 1. The lowest BCUT2D eigenvalue weighted by molar-refractivity contribution is -0.179.